The Morgan fingerprint density at radius 1 is 1.44 bits per heavy atom. The highest BCUT2D eigenvalue weighted by molar-refractivity contribution is 5.61. The van der Waals surface area contributed by atoms with Gasteiger partial charge in [-0.05, 0) is 43.0 Å². The molecule has 1 heterocycles. The molecular formula is C14H19NO. The Kier molecular flexibility index (Phi) is 3.30. The molecule has 0 aromatic heterocycles. The van der Waals surface area contributed by atoms with Crippen LogP contribution in [-0.4, -0.2) is 24.8 Å². The van der Waals surface area contributed by atoms with Crippen LogP contribution in [-0.2, 0) is 6.42 Å². The molecule has 0 saturated heterocycles. The smallest absolute Gasteiger partial charge is 0.0696 e. The van der Waals surface area contributed by atoms with Gasteiger partial charge >= 0.3 is 0 Å². The number of fused-ring (bicyclic) bond motifs is 1. The van der Waals surface area contributed by atoms with Crippen molar-refractivity contribution in [2.45, 2.75) is 25.9 Å². The minimum Gasteiger partial charge on any atom is -0.389 e. The molecule has 1 aromatic carbocycles. The number of aliphatic hydroxyl groups excluding tert-OH is 1. The lowest BCUT2D eigenvalue weighted by atomic mass is 9.99. The fraction of sp³-hybridized carbons (Fsp3) is 0.429. The van der Waals surface area contributed by atoms with E-state index in [9.17, 15) is 5.11 Å². The van der Waals surface area contributed by atoms with Crippen LogP contribution in [0, 0.1) is 0 Å². The van der Waals surface area contributed by atoms with E-state index in [-0.39, 0.29) is 6.10 Å². The molecule has 0 spiro atoms. The summed E-state index contributed by atoms with van der Waals surface area (Å²) in [5.74, 6) is 0. The lowest BCUT2D eigenvalue weighted by molar-refractivity contribution is 0.245. The van der Waals surface area contributed by atoms with Crippen molar-refractivity contribution in [1.82, 2.24) is 0 Å². The van der Waals surface area contributed by atoms with Gasteiger partial charge in [0.05, 0.1) is 6.10 Å². The zero-order valence-electron chi connectivity index (χ0n) is 9.98. The fourth-order valence-electron chi connectivity index (χ4n) is 2.16. The molecule has 0 saturated carbocycles. The van der Waals surface area contributed by atoms with E-state index in [1.807, 2.05) is 12.2 Å². The van der Waals surface area contributed by atoms with Crippen LogP contribution in [0.5, 0.6) is 0 Å². The first-order valence-electron chi connectivity index (χ1n) is 5.87. The van der Waals surface area contributed by atoms with Gasteiger partial charge in [-0.25, -0.2) is 0 Å². The second-order valence-electron chi connectivity index (χ2n) is 4.51. The van der Waals surface area contributed by atoms with Gasteiger partial charge in [0.1, 0.15) is 0 Å². The van der Waals surface area contributed by atoms with Gasteiger partial charge in [0.25, 0.3) is 0 Å². The molecule has 0 amide bonds. The van der Waals surface area contributed by atoms with Gasteiger partial charge in [-0.2, -0.15) is 0 Å². The number of aliphatic hydroxyl groups is 1. The van der Waals surface area contributed by atoms with Crippen LogP contribution in [0.25, 0.3) is 6.08 Å². The standard InChI is InChI=1S/C14H19NO/c1-11(16)5-6-12-7-8-14-13(10-12)4-3-9-15(14)2/h5-8,10-11,16H,3-4,9H2,1-2H3/b6-5+. The summed E-state index contributed by atoms with van der Waals surface area (Å²) in [5, 5.41) is 9.20. The highest BCUT2D eigenvalue weighted by Gasteiger charge is 2.12. The Morgan fingerprint density at radius 3 is 3.00 bits per heavy atom. The van der Waals surface area contributed by atoms with Crippen molar-refractivity contribution < 1.29 is 5.11 Å². The van der Waals surface area contributed by atoms with Crippen LogP contribution >= 0.6 is 0 Å². The number of hydrogen-bond donors (Lipinski definition) is 1. The topological polar surface area (TPSA) is 23.5 Å². The SMILES string of the molecule is CC(O)/C=C/c1ccc2c(c1)CCCN2C. The van der Waals surface area contributed by atoms with Crippen molar-refractivity contribution in [3.8, 4) is 0 Å². The molecule has 1 unspecified atom stereocenters. The molecule has 2 rings (SSSR count). The van der Waals surface area contributed by atoms with E-state index in [1.165, 1.54) is 23.2 Å². The third-order valence-corrected chi connectivity index (χ3v) is 3.02. The van der Waals surface area contributed by atoms with E-state index >= 15 is 0 Å². The van der Waals surface area contributed by atoms with Crippen molar-refractivity contribution in [1.29, 1.82) is 0 Å². The molecule has 1 aliphatic heterocycles. The minimum absolute atomic E-state index is 0.376. The highest BCUT2D eigenvalue weighted by atomic mass is 16.3. The largest absolute Gasteiger partial charge is 0.389 e. The number of anilines is 1. The second-order valence-corrected chi connectivity index (χ2v) is 4.51. The highest BCUT2D eigenvalue weighted by Crippen LogP contribution is 2.27. The summed E-state index contributed by atoms with van der Waals surface area (Å²) < 4.78 is 0. The number of benzene rings is 1. The van der Waals surface area contributed by atoms with Crippen molar-refractivity contribution in [2.24, 2.45) is 0 Å². The summed E-state index contributed by atoms with van der Waals surface area (Å²) in [6.07, 6.45) is 5.82. The molecule has 2 heteroatoms. The van der Waals surface area contributed by atoms with Gasteiger partial charge in [0.15, 0.2) is 0 Å². The number of nitrogens with zero attached hydrogens (tertiary/aromatic N) is 1. The summed E-state index contributed by atoms with van der Waals surface area (Å²) in [5.41, 5.74) is 3.94. The monoisotopic (exact) mass is 217 g/mol. The summed E-state index contributed by atoms with van der Waals surface area (Å²) in [6, 6.07) is 6.51. The van der Waals surface area contributed by atoms with E-state index in [0.29, 0.717) is 0 Å². The van der Waals surface area contributed by atoms with Gasteiger partial charge in [-0.3, -0.25) is 0 Å². The van der Waals surface area contributed by atoms with Crippen molar-refractivity contribution in [3.63, 3.8) is 0 Å². The van der Waals surface area contributed by atoms with E-state index < -0.39 is 0 Å². The normalized spacial score (nSPS) is 17.6. The first-order chi connectivity index (χ1) is 7.66. The average molecular weight is 217 g/mol. The third-order valence-electron chi connectivity index (χ3n) is 3.02. The van der Waals surface area contributed by atoms with Gasteiger partial charge in [0, 0.05) is 19.3 Å². The molecule has 0 bridgehead atoms. The maximum absolute atomic E-state index is 9.20. The molecule has 0 fully saturated rings. The number of aryl methyl sites for hydroxylation is 1. The number of hydrogen-bond acceptors (Lipinski definition) is 2. The summed E-state index contributed by atoms with van der Waals surface area (Å²) in [4.78, 5) is 2.31. The summed E-state index contributed by atoms with van der Waals surface area (Å²) in [7, 11) is 2.14. The van der Waals surface area contributed by atoms with Crippen LogP contribution in [0.1, 0.15) is 24.5 Å². The maximum atomic E-state index is 9.20. The molecule has 1 N–H and O–H groups in total. The molecule has 1 atom stereocenters. The van der Waals surface area contributed by atoms with Crippen LogP contribution < -0.4 is 4.90 Å². The van der Waals surface area contributed by atoms with Gasteiger partial charge < -0.3 is 10.0 Å². The molecule has 1 aliphatic rings. The van der Waals surface area contributed by atoms with Crippen LogP contribution in [0.2, 0.25) is 0 Å². The van der Waals surface area contributed by atoms with Crippen LogP contribution in [0.3, 0.4) is 0 Å². The second kappa shape index (κ2) is 4.71. The summed E-state index contributed by atoms with van der Waals surface area (Å²) >= 11 is 0. The van der Waals surface area contributed by atoms with E-state index in [4.69, 9.17) is 0 Å². The zero-order chi connectivity index (χ0) is 11.5. The van der Waals surface area contributed by atoms with E-state index in [1.54, 1.807) is 6.92 Å². The minimum atomic E-state index is -0.376. The predicted octanol–water partition coefficient (Wildman–Crippen LogP) is 2.46. The summed E-state index contributed by atoms with van der Waals surface area (Å²) in [6.45, 7) is 2.92. The predicted molar refractivity (Wildman–Crippen MR) is 68.7 cm³/mol. The first-order valence-corrected chi connectivity index (χ1v) is 5.87. The Morgan fingerprint density at radius 2 is 2.25 bits per heavy atom. The molecule has 2 nitrogen and oxygen atoms in total. The number of rotatable bonds is 2. The van der Waals surface area contributed by atoms with E-state index in [0.717, 1.165) is 13.0 Å². The van der Waals surface area contributed by atoms with Crippen molar-refractivity contribution in [3.05, 3.63) is 35.4 Å². The Hall–Kier alpha value is -1.28. The Bertz CT molecular complexity index is 396. The van der Waals surface area contributed by atoms with Gasteiger partial charge in [-0.15, -0.1) is 0 Å². The molecule has 0 aliphatic carbocycles. The molecule has 16 heavy (non-hydrogen) atoms. The quantitative estimate of drug-likeness (QED) is 0.822. The van der Waals surface area contributed by atoms with Crippen molar-refractivity contribution in [2.75, 3.05) is 18.5 Å². The maximum Gasteiger partial charge on any atom is 0.0696 e. The zero-order valence-corrected chi connectivity index (χ0v) is 9.98. The Labute approximate surface area is 97.2 Å². The van der Waals surface area contributed by atoms with Crippen LogP contribution in [0.4, 0.5) is 5.69 Å². The van der Waals surface area contributed by atoms with Crippen molar-refractivity contribution >= 4 is 11.8 Å². The third kappa shape index (κ3) is 2.45. The molecule has 1 aromatic rings. The lowest BCUT2D eigenvalue weighted by Gasteiger charge is -2.27. The fourth-order valence-corrected chi connectivity index (χ4v) is 2.16. The lowest BCUT2D eigenvalue weighted by Crippen LogP contribution is -2.24. The first kappa shape index (κ1) is 11.2. The molecule has 0 radical (unpaired) electrons. The van der Waals surface area contributed by atoms with E-state index in [2.05, 4.69) is 30.1 Å². The molecule has 86 valence electrons. The Balaban J connectivity index is 2.25. The van der Waals surface area contributed by atoms with Crippen LogP contribution in [0.15, 0.2) is 24.3 Å². The van der Waals surface area contributed by atoms with Gasteiger partial charge in [-0.1, -0.05) is 18.2 Å². The molecular weight excluding hydrogens is 198 g/mol. The average Bonchev–Trinajstić information content (AvgIpc) is 2.26. The van der Waals surface area contributed by atoms with Gasteiger partial charge in [0.2, 0.25) is 0 Å².